The molecule has 0 aliphatic carbocycles. The van der Waals surface area contributed by atoms with Crippen LogP contribution in [0, 0.1) is 5.82 Å². The van der Waals surface area contributed by atoms with E-state index in [-0.39, 0.29) is 28.7 Å². The van der Waals surface area contributed by atoms with Crippen molar-refractivity contribution in [2.75, 3.05) is 18.0 Å². The highest BCUT2D eigenvalue weighted by Crippen LogP contribution is 2.27. The van der Waals surface area contributed by atoms with Crippen molar-refractivity contribution in [3.63, 3.8) is 0 Å². The average molecular weight is 576 g/mol. The van der Waals surface area contributed by atoms with E-state index >= 15 is 0 Å². The van der Waals surface area contributed by atoms with Gasteiger partial charge in [0.25, 0.3) is 10.0 Å². The van der Waals surface area contributed by atoms with Crippen LogP contribution >= 0.6 is 11.6 Å². The number of amides is 2. The van der Waals surface area contributed by atoms with Crippen molar-refractivity contribution in [3.05, 3.63) is 89.2 Å². The molecule has 0 spiro atoms. The fourth-order valence-electron chi connectivity index (χ4n) is 3.81. The molecule has 0 saturated heterocycles. The molecule has 3 aromatic rings. The molecule has 3 aromatic carbocycles. The fraction of sp³-hybridized carbons (Fsp3) is 0.286. The summed E-state index contributed by atoms with van der Waals surface area (Å²) in [7, 11) is -2.79. The first-order valence-corrected chi connectivity index (χ1v) is 14.0. The SMILES string of the molecule is COc1ccc(S(=O)(=O)N(CC(=O)N(Cc2ccccc2F)[C@H](C)C(=O)NC(C)C)c2ccc(Cl)cc2)cc1. The Morgan fingerprint density at radius 1 is 0.974 bits per heavy atom. The second-order valence-corrected chi connectivity index (χ2v) is 11.4. The van der Waals surface area contributed by atoms with Gasteiger partial charge in [-0.05, 0) is 75.4 Å². The largest absolute Gasteiger partial charge is 0.497 e. The van der Waals surface area contributed by atoms with Crippen molar-refractivity contribution in [2.45, 2.75) is 44.3 Å². The van der Waals surface area contributed by atoms with Crippen LogP contribution in [0.15, 0.2) is 77.7 Å². The van der Waals surface area contributed by atoms with Gasteiger partial charge in [-0.2, -0.15) is 0 Å². The van der Waals surface area contributed by atoms with Crippen molar-refractivity contribution in [2.24, 2.45) is 0 Å². The van der Waals surface area contributed by atoms with Gasteiger partial charge in [-0.3, -0.25) is 13.9 Å². The molecule has 0 saturated carbocycles. The van der Waals surface area contributed by atoms with Crippen molar-refractivity contribution in [1.29, 1.82) is 0 Å². The number of nitrogens with one attached hydrogen (secondary N) is 1. The molecule has 0 bridgehead atoms. The first kappa shape index (κ1) is 29.9. The van der Waals surface area contributed by atoms with E-state index in [4.69, 9.17) is 16.3 Å². The molecule has 0 aliphatic heterocycles. The third-order valence-electron chi connectivity index (χ3n) is 5.94. The predicted octanol–water partition coefficient (Wildman–Crippen LogP) is 4.62. The Bertz CT molecular complexity index is 1400. The Morgan fingerprint density at radius 3 is 2.15 bits per heavy atom. The van der Waals surface area contributed by atoms with Crippen LogP contribution < -0.4 is 14.4 Å². The number of carbonyl (C=O) groups is 2. The highest BCUT2D eigenvalue weighted by Gasteiger charge is 2.33. The molecule has 1 atom stereocenters. The number of rotatable bonds is 11. The van der Waals surface area contributed by atoms with Gasteiger partial charge in [0.1, 0.15) is 24.2 Å². The lowest BCUT2D eigenvalue weighted by atomic mass is 10.1. The molecular formula is C28H31ClFN3O5S. The second-order valence-electron chi connectivity index (χ2n) is 9.12. The van der Waals surface area contributed by atoms with Gasteiger partial charge in [0.15, 0.2) is 0 Å². The minimum atomic E-state index is -4.25. The number of halogens is 2. The van der Waals surface area contributed by atoms with Gasteiger partial charge in [-0.15, -0.1) is 0 Å². The van der Waals surface area contributed by atoms with E-state index in [0.29, 0.717) is 10.8 Å². The van der Waals surface area contributed by atoms with Gasteiger partial charge < -0.3 is 15.0 Å². The van der Waals surface area contributed by atoms with Gasteiger partial charge >= 0.3 is 0 Å². The smallest absolute Gasteiger partial charge is 0.264 e. The summed E-state index contributed by atoms with van der Waals surface area (Å²) in [6.45, 7) is 4.18. The molecule has 0 radical (unpaired) electrons. The van der Waals surface area contributed by atoms with Crippen LogP contribution in [0.4, 0.5) is 10.1 Å². The monoisotopic (exact) mass is 575 g/mol. The summed E-state index contributed by atoms with van der Waals surface area (Å²) >= 11 is 6.02. The van der Waals surface area contributed by atoms with E-state index in [1.165, 1.54) is 85.7 Å². The minimum Gasteiger partial charge on any atom is -0.497 e. The van der Waals surface area contributed by atoms with Crippen molar-refractivity contribution < 1.29 is 27.1 Å². The van der Waals surface area contributed by atoms with E-state index in [1.54, 1.807) is 19.9 Å². The van der Waals surface area contributed by atoms with Crippen molar-refractivity contribution in [3.8, 4) is 5.75 Å². The van der Waals surface area contributed by atoms with Gasteiger partial charge in [0, 0.05) is 23.2 Å². The third kappa shape index (κ3) is 7.48. The number of ether oxygens (including phenoxy) is 1. The maximum absolute atomic E-state index is 14.6. The van der Waals surface area contributed by atoms with Crippen LogP contribution in [-0.2, 0) is 26.2 Å². The summed E-state index contributed by atoms with van der Waals surface area (Å²) in [5.41, 5.74) is 0.375. The lowest BCUT2D eigenvalue weighted by molar-refractivity contribution is -0.139. The van der Waals surface area contributed by atoms with Gasteiger partial charge in [-0.1, -0.05) is 29.8 Å². The van der Waals surface area contributed by atoms with E-state index < -0.39 is 40.2 Å². The average Bonchev–Trinajstić information content (AvgIpc) is 2.91. The number of sulfonamides is 1. The Kier molecular flexibility index (Phi) is 9.93. The zero-order chi connectivity index (χ0) is 28.7. The van der Waals surface area contributed by atoms with E-state index in [1.807, 2.05) is 0 Å². The summed E-state index contributed by atoms with van der Waals surface area (Å²) in [6, 6.07) is 16.4. The summed E-state index contributed by atoms with van der Waals surface area (Å²) < 4.78 is 48.2. The van der Waals surface area contributed by atoms with Crippen molar-refractivity contribution in [1.82, 2.24) is 10.2 Å². The predicted molar refractivity (Wildman–Crippen MR) is 149 cm³/mol. The molecule has 2 amide bonds. The van der Waals surface area contributed by atoms with E-state index in [0.717, 1.165) is 4.31 Å². The van der Waals surface area contributed by atoms with Crippen LogP contribution in [-0.4, -0.2) is 50.9 Å². The van der Waals surface area contributed by atoms with Crippen LogP contribution in [0.25, 0.3) is 0 Å². The maximum Gasteiger partial charge on any atom is 0.264 e. The molecule has 0 aliphatic rings. The number of methoxy groups -OCH3 is 1. The summed E-state index contributed by atoms with van der Waals surface area (Å²) in [5, 5.41) is 3.13. The Balaban J connectivity index is 2.04. The zero-order valence-electron chi connectivity index (χ0n) is 22.1. The van der Waals surface area contributed by atoms with Crippen molar-refractivity contribution >= 4 is 39.1 Å². The second kappa shape index (κ2) is 12.9. The first-order chi connectivity index (χ1) is 18.4. The molecule has 1 N–H and O–H groups in total. The molecular weight excluding hydrogens is 545 g/mol. The van der Waals surface area contributed by atoms with Crippen LogP contribution in [0.3, 0.4) is 0 Å². The topological polar surface area (TPSA) is 96.0 Å². The number of hydrogen-bond donors (Lipinski definition) is 1. The molecule has 208 valence electrons. The standard InChI is InChI=1S/C28H31ClFN3O5S/c1-19(2)31-28(35)20(3)32(17-21-7-5-6-8-26(21)30)27(34)18-33(23-11-9-22(29)10-12-23)39(36,37)25-15-13-24(38-4)14-16-25/h5-16,19-20H,17-18H2,1-4H3,(H,31,35)/t20-/m1/s1. The molecule has 0 unspecified atom stereocenters. The van der Waals surface area contributed by atoms with Crippen LogP contribution in [0.2, 0.25) is 5.02 Å². The van der Waals surface area contributed by atoms with Crippen LogP contribution in [0.1, 0.15) is 26.3 Å². The third-order valence-corrected chi connectivity index (χ3v) is 7.98. The number of anilines is 1. The number of hydrogen-bond acceptors (Lipinski definition) is 5. The summed E-state index contributed by atoms with van der Waals surface area (Å²) in [6.07, 6.45) is 0. The number of carbonyl (C=O) groups excluding carboxylic acids is 2. The molecule has 0 heterocycles. The first-order valence-electron chi connectivity index (χ1n) is 12.2. The van der Waals surface area contributed by atoms with E-state index in [2.05, 4.69) is 5.32 Å². The summed E-state index contributed by atoms with van der Waals surface area (Å²) in [4.78, 5) is 27.8. The minimum absolute atomic E-state index is 0.0719. The maximum atomic E-state index is 14.6. The molecule has 8 nitrogen and oxygen atoms in total. The number of nitrogens with zero attached hydrogens (tertiary/aromatic N) is 2. The molecule has 0 fully saturated rings. The van der Waals surface area contributed by atoms with E-state index in [9.17, 15) is 22.4 Å². The quantitative estimate of drug-likeness (QED) is 0.360. The van der Waals surface area contributed by atoms with Crippen LogP contribution in [0.5, 0.6) is 5.75 Å². The highest BCUT2D eigenvalue weighted by molar-refractivity contribution is 7.92. The Hall–Kier alpha value is -3.63. The normalized spacial score (nSPS) is 12.1. The molecule has 39 heavy (non-hydrogen) atoms. The van der Waals surface area contributed by atoms with Gasteiger partial charge in [0.05, 0.1) is 17.7 Å². The zero-order valence-corrected chi connectivity index (χ0v) is 23.7. The van der Waals surface area contributed by atoms with Gasteiger partial charge in [0.2, 0.25) is 11.8 Å². The lowest BCUT2D eigenvalue weighted by Gasteiger charge is -2.32. The Labute approximate surface area is 233 Å². The number of benzene rings is 3. The highest BCUT2D eigenvalue weighted by atomic mass is 35.5. The molecule has 3 rings (SSSR count). The molecule has 0 aromatic heterocycles. The fourth-order valence-corrected chi connectivity index (χ4v) is 5.35. The summed E-state index contributed by atoms with van der Waals surface area (Å²) in [5.74, 6) is -1.24. The molecule has 11 heteroatoms. The Morgan fingerprint density at radius 2 is 1.59 bits per heavy atom. The van der Waals surface area contributed by atoms with Gasteiger partial charge in [-0.25, -0.2) is 12.8 Å². The lowest BCUT2D eigenvalue weighted by Crippen LogP contribution is -2.52.